The maximum Gasteiger partial charge on any atom is 0.127 e. The Morgan fingerprint density at radius 2 is 1.32 bits per heavy atom. The Balaban J connectivity index is 1.40. The fraction of sp³-hybridized carbons (Fsp3) is 0.182. The molecule has 3 nitrogen and oxygen atoms in total. The first kappa shape index (κ1) is 15.6. The van der Waals surface area contributed by atoms with Crippen molar-refractivity contribution in [3.05, 3.63) is 84.4 Å². The van der Waals surface area contributed by atoms with Gasteiger partial charge in [0.15, 0.2) is 0 Å². The molecule has 0 aromatic heterocycles. The number of aromatic hydroxyl groups is 1. The van der Waals surface area contributed by atoms with Gasteiger partial charge in [0, 0.05) is 11.0 Å². The van der Waals surface area contributed by atoms with Crippen LogP contribution in [0.15, 0.2) is 78.9 Å². The molecule has 0 atom stereocenters. The summed E-state index contributed by atoms with van der Waals surface area (Å²) in [6.45, 7) is 0.573. The zero-order valence-corrected chi connectivity index (χ0v) is 13.9. The Morgan fingerprint density at radius 3 is 2.00 bits per heavy atom. The summed E-state index contributed by atoms with van der Waals surface area (Å²) >= 11 is 0. The Bertz CT molecular complexity index is 837. The Kier molecular flexibility index (Phi) is 4.06. The molecule has 1 N–H and O–H groups in total. The van der Waals surface area contributed by atoms with E-state index in [0.717, 1.165) is 35.7 Å². The zero-order chi connectivity index (χ0) is 17.1. The molecule has 3 aromatic carbocycles. The number of phenols is 1. The van der Waals surface area contributed by atoms with E-state index in [1.165, 1.54) is 0 Å². The smallest absolute Gasteiger partial charge is 0.127 e. The van der Waals surface area contributed by atoms with Gasteiger partial charge >= 0.3 is 0 Å². The topological polar surface area (TPSA) is 38.7 Å². The second kappa shape index (κ2) is 6.52. The third-order valence-electron chi connectivity index (χ3n) is 4.65. The average Bonchev–Trinajstić information content (AvgIpc) is 3.43. The summed E-state index contributed by atoms with van der Waals surface area (Å²) in [7, 11) is 0. The summed E-state index contributed by atoms with van der Waals surface area (Å²) < 4.78 is 11.8. The molecule has 1 aliphatic rings. The minimum absolute atomic E-state index is 0.0510. The highest BCUT2D eigenvalue weighted by atomic mass is 16.5. The molecule has 0 unspecified atom stereocenters. The Hall–Kier alpha value is -2.94. The lowest BCUT2D eigenvalue weighted by molar-refractivity contribution is 0.274. The molecule has 1 aliphatic carbocycles. The fourth-order valence-corrected chi connectivity index (χ4v) is 3.01. The molecular formula is C22H20O3. The Morgan fingerprint density at radius 1 is 0.720 bits per heavy atom. The van der Waals surface area contributed by atoms with E-state index in [9.17, 15) is 5.11 Å². The van der Waals surface area contributed by atoms with Crippen LogP contribution in [0.1, 0.15) is 18.4 Å². The zero-order valence-electron chi connectivity index (χ0n) is 13.9. The summed E-state index contributed by atoms with van der Waals surface area (Å²) in [6, 6.07) is 24.9. The lowest BCUT2D eigenvalue weighted by Gasteiger charge is -2.18. The number of benzene rings is 3. The van der Waals surface area contributed by atoms with E-state index < -0.39 is 0 Å². The van der Waals surface area contributed by atoms with E-state index in [-0.39, 0.29) is 5.41 Å². The summed E-state index contributed by atoms with van der Waals surface area (Å²) in [4.78, 5) is 0. The molecule has 1 fully saturated rings. The van der Waals surface area contributed by atoms with Crippen molar-refractivity contribution in [3.63, 3.8) is 0 Å². The summed E-state index contributed by atoms with van der Waals surface area (Å²) in [5.41, 5.74) is 0.934. The van der Waals surface area contributed by atoms with Crippen LogP contribution < -0.4 is 9.47 Å². The first-order valence-electron chi connectivity index (χ1n) is 8.49. The van der Waals surface area contributed by atoms with Crippen LogP contribution in [0.25, 0.3) is 0 Å². The van der Waals surface area contributed by atoms with Crippen LogP contribution in [0.3, 0.4) is 0 Å². The number of rotatable bonds is 6. The van der Waals surface area contributed by atoms with Crippen LogP contribution in [-0.2, 0) is 5.41 Å². The van der Waals surface area contributed by atoms with Crippen molar-refractivity contribution >= 4 is 0 Å². The van der Waals surface area contributed by atoms with Gasteiger partial charge in [-0.3, -0.25) is 0 Å². The van der Waals surface area contributed by atoms with Crippen LogP contribution in [0.4, 0.5) is 0 Å². The predicted molar refractivity (Wildman–Crippen MR) is 97.5 cm³/mol. The fourth-order valence-electron chi connectivity index (χ4n) is 3.01. The van der Waals surface area contributed by atoms with Gasteiger partial charge in [-0.05, 0) is 55.3 Å². The van der Waals surface area contributed by atoms with Gasteiger partial charge in [0.2, 0.25) is 0 Å². The monoisotopic (exact) mass is 332 g/mol. The maximum absolute atomic E-state index is 10.1. The second-order valence-corrected chi connectivity index (χ2v) is 6.47. The van der Waals surface area contributed by atoms with Gasteiger partial charge in [0.1, 0.15) is 23.0 Å². The van der Waals surface area contributed by atoms with Crippen LogP contribution >= 0.6 is 0 Å². The summed E-state index contributed by atoms with van der Waals surface area (Å²) in [6.07, 6.45) is 2.08. The largest absolute Gasteiger partial charge is 0.508 e. The molecule has 0 aliphatic heterocycles. The maximum atomic E-state index is 10.1. The number of hydrogen-bond donors (Lipinski definition) is 1. The van der Waals surface area contributed by atoms with Gasteiger partial charge in [-0.25, -0.2) is 0 Å². The normalized spacial score (nSPS) is 14.7. The Labute approximate surface area is 147 Å². The number of phenolic OH excluding ortho intramolecular Hbond substituents is 1. The number of para-hydroxylation sites is 2. The molecule has 0 saturated heterocycles. The highest BCUT2D eigenvalue weighted by Gasteiger charge is 2.46. The van der Waals surface area contributed by atoms with Gasteiger partial charge in [-0.1, -0.05) is 36.4 Å². The van der Waals surface area contributed by atoms with Gasteiger partial charge in [0.05, 0.1) is 6.61 Å². The molecule has 126 valence electrons. The van der Waals surface area contributed by atoms with Gasteiger partial charge < -0.3 is 14.6 Å². The minimum Gasteiger partial charge on any atom is -0.508 e. The average molecular weight is 332 g/mol. The lowest BCUT2D eigenvalue weighted by atomic mass is 9.96. The van der Waals surface area contributed by atoms with E-state index in [0.29, 0.717) is 12.4 Å². The van der Waals surface area contributed by atoms with E-state index >= 15 is 0 Å². The van der Waals surface area contributed by atoms with Crippen molar-refractivity contribution in [2.75, 3.05) is 6.61 Å². The predicted octanol–water partition coefficient (Wildman–Crippen LogP) is 5.30. The number of hydrogen-bond acceptors (Lipinski definition) is 3. The quantitative estimate of drug-likeness (QED) is 0.666. The van der Waals surface area contributed by atoms with Crippen molar-refractivity contribution in [1.82, 2.24) is 0 Å². The molecule has 0 spiro atoms. The number of ether oxygens (including phenoxy) is 2. The third-order valence-corrected chi connectivity index (χ3v) is 4.65. The van der Waals surface area contributed by atoms with Crippen molar-refractivity contribution in [2.24, 2.45) is 0 Å². The van der Waals surface area contributed by atoms with Gasteiger partial charge in [-0.2, -0.15) is 0 Å². The highest BCUT2D eigenvalue weighted by Crippen LogP contribution is 2.51. The molecule has 3 aromatic rings. The van der Waals surface area contributed by atoms with Crippen molar-refractivity contribution < 1.29 is 14.6 Å². The van der Waals surface area contributed by atoms with E-state index in [4.69, 9.17) is 9.47 Å². The van der Waals surface area contributed by atoms with Crippen molar-refractivity contribution in [2.45, 2.75) is 18.3 Å². The van der Waals surface area contributed by atoms with Gasteiger partial charge in [-0.15, -0.1) is 0 Å². The SMILES string of the molecule is Oc1ccccc1C1(COc2ccc(Oc3ccccc3)cc2)CC1. The lowest BCUT2D eigenvalue weighted by Crippen LogP contribution is -2.17. The molecule has 25 heavy (non-hydrogen) atoms. The first-order valence-corrected chi connectivity index (χ1v) is 8.49. The van der Waals surface area contributed by atoms with E-state index in [1.807, 2.05) is 72.8 Å². The van der Waals surface area contributed by atoms with Crippen molar-refractivity contribution in [3.8, 4) is 23.0 Å². The summed E-state index contributed by atoms with van der Waals surface area (Å²) in [5.74, 6) is 2.75. The molecule has 0 heterocycles. The highest BCUT2D eigenvalue weighted by molar-refractivity contribution is 5.43. The molecule has 0 amide bonds. The molecule has 0 bridgehead atoms. The standard InChI is InChI=1S/C22H20O3/c23-21-9-5-4-8-20(21)22(14-15-22)16-24-17-10-12-19(13-11-17)25-18-6-2-1-3-7-18/h1-13,23H,14-16H2. The van der Waals surface area contributed by atoms with E-state index in [2.05, 4.69) is 0 Å². The van der Waals surface area contributed by atoms with E-state index in [1.54, 1.807) is 6.07 Å². The van der Waals surface area contributed by atoms with Crippen LogP contribution in [0, 0.1) is 0 Å². The second-order valence-electron chi connectivity index (χ2n) is 6.47. The van der Waals surface area contributed by atoms with Crippen molar-refractivity contribution in [1.29, 1.82) is 0 Å². The molecule has 1 saturated carbocycles. The van der Waals surface area contributed by atoms with Gasteiger partial charge in [0.25, 0.3) is 0 Å². The minimum atomic E-state index is -0.0510. The molecule has 0 radical (unpaired) electrons. The first-order chi connectivity index (χ1) is 12.3. The third kappa shape index (κ3) is 3.45. The van der Waals surface area contributed by atoms with Crippen LogP contribution in [-0.4, -0.2) is 11.7 Å². The van der Waals surface area contributed by atoms with Crippen LogP contribution in [0.5, 0.6) is 23.0 Å². The summed E-state index contributed by atoms with van der Waals surface area (Å²) in [5, 5.41) is 10.1. The molecular weight excluding hydrogens is 312 g/mol. The van der Waals surface area contributed by atoms with Crippen LogP contribution in [0.2, 0.25) is 0 Å². The molecule has 3 heteroatoms. The molecule has 4 rings (SSSR count).